The minimum atomic E-state index is -0.797. The van der Waals surface area contributed by atoms with Crippen LogP contribution in [0.3, 0.4) is 0 Å². The van der Waals surface area contributed by atoms with Crippen molar-refractivity contribution in [3.05, 3.63) is 102 Å². The van der Waals surface area contributed by atoms with E-state index in [0.717, 1.165) is 11.1 Å². The van der Waals surface area contributed by atoms with Crippen LogP contribution in [-0.4, -0.2) is 37.7 Å². The summed E-state index contributed by atoms with van der Waals surface area (Å²) in [5.74, 6) is -0.586. The number of rotatable bonds is 9. The lowest BCUT2D eigenvalue weighted by molar-refractivity contribution is -0.121. The highest BCUT2D eigenvalue weighted by atomic mass is 16.7. The number of hydrogen-bond donors (Lipinski definition) is 2. The Balaban J connectivity index is 1.51. The molecule has 7 nitrogen and oxygen atoms in total. The van der Waals surface area contributed by atoms with E-state index in [1.165, 1.54) is 12.1 Å². The van der Waals surface area contributed by atoms with Gasteiger partial charge in [-0.3, -0.25) is 9.59 Å². The van der Waals surface area contributed by atoms with Crippen LogP contribution in [0.1, 0.15) is 34.3 Å². The maximum absolute atomic E-state index is 13.0. The van der Waals surface area contributed by atoms with Gasteiger partial charge in [0.2, 0.25) is 5.91 Å². The maximum atomic E-state index is 13.0. The Morgan fingerprint density at radius 3 is 1.85 bits per heavy atom. The molecule has 2 N–H and O–H groups in total. The van der Waals surface area contributed by atoms with Gasteiger partial charge >= 0.3 is 6.16 Å². The minimum Gasteiger partial charge on any atom is -0.434 e. The van der Waals surface area contributed by atoms with E-state index in [1.807, 2.05) is 60.7 Å². The molecule has 0 radical (unpaired) electrons. The summed E-state index contributed by atoms with van der Waals surface area (Å²) in [7, 11) is 0. The highest BCUT2D eigenvalue weighted by Crippen LogP contribution is 2.24. The molecule has 0 aliphatic carbocycles. The Bertz CT molecular complexity index is 1010. The van der Waals surface area contributed by atoms with Crippen LogP contribution in [0.5, 0.6) is 5.75 Å². The van der Waals surface area contributed by atoms with Crippen molar-refractivity contribution in [2.24, 2.45) is 0 Å². The fraction of sp³-hybridized carbons (Fsp3) is 0.192. The van der Waals surface area contributed by atoms with Gasteiger partial charge in [-0.1, -0.05) is 60.7 Å². The number of carbonyl (C=O) groups excluding carboxylic acids is 3. The van der Waals surface area contributed by atoms with Gasteiger partial charge in [-0.15, -0.1) is 0 Å². The molecule has 3 aromatic carbocycles. The fourth-order valence-electron chi connectivity index (χ4n) is 3.27. The predicted octanol–water partition coefficient (Wildman–Crippen LogP) is 3.90. The number of nitrogens with one attached hydrogen (secondary N) is 2. The van der Waals surface area contributed by atoms with Gasteiger partial charge in [0, 0.05) is 18.7 Å². The second-order valence-electron chi connectivity index (χ2n) is 7.11. The molecule has 0 saturated heterocycles. The summed E-state index contributed by atoms with van der Waals surface area (Å²) in [6.07, 6.45) is -0.797. The van der Waals surface area contributed by atoms with E-state index in [9.17, 15) is 14.4 Å². The second kappa shape index (κ2) is 12.0. The first-order chi connectivity index (χ1) is 16.1. The monoisotopic (exact) mass is 446 g/mol. The van der Waals surface area contributed by atoms with E-state index in [1.54, 1.807) is 19.1 Å². The molecule has 3 aromatic rings. The van der Waals surface area contributed by atoms with Crippen molar-refractivity contribution >= 4 is 18.0 Å². The molecule has 33 heavy (non-hydrogen) atoms. The maximum Gasteiger partial charge on any atom is 0.513 e. The zero-order valence-corrected chi connectivity index (χ0v) is 18.3. The molecule has 0 atom stereocenters. The highest BCUT2D eigenvalue weighted by Gasteiger charge is 2.22. The SMILES string of the molecule is CCOC(=O)Oc1ccc(C(=O)NCCNC(=O)C(c2ccccc2)c2ccccc2)cc1. The third-order valence-corrected chi connectivity index (χ3v) is 4.82. The van der Waals surface area contributed by atoms with Crippen LogP contribution < -0.4 is 15.4 Å². The molecule has 0 fully saturated rings. The van der Waals surface area contributed by atoms with Crippen LogP contribution in [-0.2, 0) is 9.53 Å². The number of benzene rings is 3. The third-order valence-electron chi connectivity index (χ3n) is 4.82. The van der Waals surface area contributed by atoms with Gasteiger partial charge in [-0.2, -0.15) is 0 Å². The largest absolute Gasteiger partial charge is 0.513 e. The van der Waals surface area contributed by atoms with Crippen LogP contribution in [0, 0.1) is 0 Å². The second-order valence-corrected chi connectivity index (χ2v) is 7.11. The summed E-state index contributed by atoms with van der Waals surface area (Å²) >= 11 is 0. The average Bonchev–Trinajstić information content (AvgIpc) is 2.84. The van der Waals surface area contributed by atoms with Gasteiger partial charge in [0.1, 0.15) is 5.75 Å². The van der Waals surface area contributed by atoms with Crippen molar-refractivity contribution in [2.75, 3.05) is 19.7 Å². The molecule has 0 bridgehead atoms. The molecule has 2 amide bonds. The highest BCUT2D eigenvalue weighted by molar-refractivity contribution is 5.94. The summed E-state index contributed by atoms with van der Waals surface area (Å²) in [6.45, 7) is 2.45. The fourth-order valence-corrected chi connectivity index (χ4v) is 3.27. The van der Waals surface area contributed by atoms with Gasteiger partial charge in [0.15, 0.2) is 0 Å². The summed E-state index contributed by atoms with van der Waals surface area (Å²) in [4.78, 5) is 36.6. The Hall–Kier alpha value is -4.13. The third kappa shape index (κ3) is 6.93. The Kier molecular flexibility index (Phi) is 8.59. The van der Waals surface area contributed by atoms with Crippen LogP contribution in [0.25, 0.3) is 0 Å². The Labute approximate surface area is 192 Å². The van der Waals surface area contributed by atoms with Gasteiger partial charge < -0.3 is 20.1 Å². The lowest BCUT2D eigenvalue weighted by Gasteiger charge is -2.18. The zero-order valence-electron chi connectivity index (χ0n) is 18.3. The van der Waals surface area contributed by atoms with Gasteiger partial charge in [-0.25, -0.2) is 4.79 Å². The van der Waals surface area contributed by atoms with Gasteiger partial charge in [0.05, 0.1) is 12.5 Å². The van der Waals surface area contributed by atoms with E-state index < -0.39 is 12.1 Å². The molecule has 0 aliphatic heterocycles. The van der Waals surface area contributed by atoms with Crippen molar-refractivity contribution in [1.82, 2.24) is 10.6 Å². The molecule has 0 saturated carbocycles. The summed E-state index contributed by atoms with van der Waals surface area (Å²) in [6, 6.07) is 25.3. The molecular weight excluding hydrogens is 420 g/mol. The molecule has 3 rings (SSSR count). The molecular formula is C26H26N2O5. The first-order valence-corrected chi connectivity index (χ1v) is 10.7. The van der Waals surface area contributed by atoms with E-state index in [4.69, 9.17) is 9.47 Å². The molecule has 0 unspecified atom stereocenters. The van der Waals surface area contributed by atoms with Crippen molar-refractivity contribution in [1.29, 1.82) is 0 Å². The number of ether oxygens (including phenoxy) is 2. The summed E-state index contributed by atoms with van der Waals surface area (Å²) < 4.78 is 9.68. The number of amides is 2. The van der Waals surface area contributed by atoms with Crippen molar-refractivity contribution < 1.29 is 23.9 Å². The normalized spacial score (nSPS) is 10.4. The van der Waals surface area contributed by atoms with Gasteiger partial charge in [0.25, 0.3) is 5.91 Å². The Morgan fingerprint density at radius 1 is 0.758 bits per heavy atom. The lowest BCUT2D eigenvalue weighted by atomic mass is 9.90. The minimum absolute atomic E-state index is 0.137. The smallest absolute Gasteiger partial charge is 0.434 e. The molecule has 170 valence electrons. The number of carbonyl (C=O) groups is 3. The van der Waals surface area contributed by atoms with E-state index in [2.05, 4.69) is 10.6 Å². The van der Waals surface area contributed by atoms with E-state index in [-0.39, 0.29) is 37.3 Å². The Morgan fingerprint density at radius 2 is 1.30 bits per heavy atom. The molecule has 0 heterocycles. The molecule has 0 aliphatic rings. The predicted molar refractivity (Wildman–Crippen MR) is 124 cm³/mol. The van der Waals surface area contributed by atoms with Crippen LogP contribution in [0.4, 0.5) is 4.79 Å². The first kappa shape index (κ1) is 23.5. The van der Waals surface area contributed by atoms with Crippen molar-refractivity contribution in [2.45, 2.75) is 12.8 Å². The molecule has 0 aromatic heterocycles. The van der Waals surface area contributed by atoms with E-state index >= 15 is 0 Å². The zero-order chi connectivity index (χ0) is 23.5. The van der Waals surface area contributed by atoms with Crippen molar-refractivity contribution in [3.63, 3.8) is 0 Å². The summed E-state index contributed by atoms with van der Waals surface area (Å²) in [5.41, 5.74) is 2.20. The topological polar surface area (TPSA) is 93.7 Å². The van der Waals surface area contributed by atoms with E-state index in [0.29, 0.717) is 5.56 Å². The average molecular weight is 447 g/mol. The number of hydrogen-bond acceptors (Lipinski definition) is 5. The van der Waals surface area contributed by atoms with Crippen LogP contribution >= 0.6 is 0 Å². The standard InChI is InChI=1S/C26H26N2O5/c1-2-32-26(31)33-22-15-13-21(14-16-22)24(29)27-17-18-28-25(30)23(19-9-5-3-6-10-19)20-11-7-4-8-12-20/h3-16,23H,2,17-18H2,1H3,(H,27,29)(H,28,30). The van der Waals surface area contributed by atoms with Crippen LogP contribution in [0.15, 0.2) is 84.9 Å². The van der Waals surface area contributed by atoms with Crippen molar-refractivity contribution in [3.8, 4) is 5.75 Å². The molecule has 7 heteroatoms. The quantitative estimate of drug-likeness (QED) is 0.295. The molecule has 0 spiro atoms. The van der Waals surface area contributed by atoms with Crippen LogP contribution in [0.2, 0.25) is 0 Å². The summed E-state index contributed by atoms with van der Waals surface area (Å²) in [5, 5.41) is 5.67. The van der Waals surface area contributed by atoms with Gasteiger partial charge in [-0.05, 0) is 42.3 Å². The lowest BCUT2D eigenvalue weighted by Crippen LogP contribution is -2.37. The first-order valence-electron chi connectivity index (χ1n) is 10.7.